The predicted molar refractivity (Wildman–Crippen MR) is 61.8 cm³/mol. The quantitative estimate of drug-likeness (QED) is 0.582. The highest BCUT2D eigenvalue weighted by atomic mass is 32.2. The molecule has 2 amide bonds. The fourth-order valence-corrected chi connectivity index (χ4v) is 1.29. The van der Waals surface area contributed by atoms with Crippen molar-refractivity contribution >= 4 is 22.8 Å². The summed E-state index contributed by atoms with van der Waals surface area (Å²) in [6.07, 6.45) is 1.95. The number of rotatable bonds is 7. The van der Waals surface area contributed by atoms with Crippen LogP contribution in [-0.4, -0.2) is 46.4 Å². The smallest absolute Gasteiger partial charge is 0.314 e. The van der Waals surface area contributed by atoms with Crippen LogP contribution in [0.4, 0.5) is 4.79 Å². The molecule has 0 aromatic heterocycles. The minimum Gasteiger partial charge on any atom is -0.481 e. The number of carbonyl (C=O) groups excluding carboxylic acids is 1. The number of hydrogen-bond donors (Lipinski definition) is 3. The standard InChI is InChI=1S/C9H18N2O4S/c1-7(8(12)13)3-4-10-9(14)11-5-6-16(2)15/h7H,3-6H2,1-2H3,(H,12,13)(H2,10,11,14). The third-order valence-corrected chi connectivity index (χ3v) is 2.74. The van der Waals surface area contributed by atoms with Crippen molar-refractivity contribution in [2.24, 2.45) is 5.92 Å². The maximum atomic E-state index is 11.1. The zero-order valence-electron chi connectivity index (χ0n) is 9.49. The SMILES string of the molecule is CC(CCNC(=O)NCCS(C)=O)C(=O)O. The number of nitrogens with one attached hydrogen (secondary N) is 2. The van der Waals surface area contributed by atoms with E-state index in [1.54, 1.807) is 13.2 Å². The van der Waals surface area contributed by atoms with Gasteiger partial charge in [0.1, 0.15) is 0 Å². The summed E-state index contributed by atoms with van der Waals surface area (Å²) >= 11 is 0. The maximum Gasteiger partial charge on any atom is 0.314 e. The van der Waals surface area contributed by atoms with Crippen LogP contribution < -0.4 is 10.6 Å². The number of carbonyl (C=O) groups is 2. The lowest BCUT2D eigenvalue weighted by molar-refractivity contribution is -0.141. The molecule has 2 atom stereocenters. The van der Waals surface area contributed by atoms with Crippen LogP contribution in [0.2, 0.25) is 0 Å². The Labute approximate surface area is 97.3 Å². The van der Waals surface area contributed by atoms with Gasteiger partial charge in [-0.3, -0.25) is 9.00 Å². The van der Waals surface area contributed by atoms with Crippen LogP contribution >= 0.6 is 0 Å². The van der Waals surface area contributed by atoms with Crippen molar-refractivity contribution in [2.45, 2.75) is 13.3 Å². The molecule has 0 saturated carbocycles. The molecule has 0 fully saturated rings. The molecule has 0 aliphatic carbocycles. The molecular weight excluding hydrogens is 232 g/mol. The van der Waals surface area contributed by atoms with Crippen LogP contribution in [0.15, 0.2) is 0 Å². The molecule has 0 aliphatic rings. The average Bonchev–Trinajstić information content (AvgIpc) is 2.16. The van der Waals surface area contributed by atoms with Crippen LogP contribution in [0.1, 0.15) is 13.3 Å². The minimum atomic E-state index is -0.921. The van der Waals surface area contributed by atoms with E-state index in [0.29, 0.717) is 25.3 Å². The normalized spacial score (nSPS) is 13.9. The number of aliphatic carboxylic acids is 1. The molecule has 7 heteroatoms. The Bertz CT molecular complexity index is 270. The summed E-state index contributed by atoms with van der Waals surface area (Å²) in [4.78, 5) is 21.6. The van der Waals surface area contributed by atoms with Gasteiger partial charge in [-0.05, 0) is 6.42 Å². The number of amides is 2. The number of hydrogen-bond acceptors (Lipinski definition) is 3. The van der Waals surface area contributed by atoms with Crippen molar-refractivity contribution in [2.75, 3.05) is 25.1 Å². The Hall–Kier alpha value is -1.11. The molecule has 0 heterocycles. The van der Waals surface area contributed by atoms with E-state index >= 15 is 0 Å². The summed E-state index contributed by atoms with van der Waals surface area (Å²) < 4.78 is 10.7. The van der Waals surface area contributed by atoms with Gasteiger partial charge >= 0.3 is 12.0 Å². The van der Waals surface area contributed by atoms with Gasteiger partial charge in [-0.25, -0.2) is 4.79 Å². The summed E-state index contributed by atoms with van der Waals surface area (Å²) in [6.45, 7) is 2.25. The molecule has 2 unspecified atom stereocenters. The zero-order chi connectivity index (χ0) is 12.6. The van der Waals surface area contributed by atoms with Crippen LogP contribution in [0, 0.1) is 5.92 Å². The second-order valence-electron chi connectivity index (χ2n) is 3.49. The molecule has 16 heavy (non-hydrogen) atoms. The maximum absolute atomic E-state index is 11.1. The fraction of sp³-hybridized carbons (Fsp3) is 0.778. The fourth-order valence-electron chi connectivity index (χ4n) is 0.896. The Morgan fingerprint density at radius 3 is 2.38 bits per heavy atom. The van der Waals surface area contributed by atoms with E-state index in [2.05, 4.69) is 10.6 Å². The van der Waals surface area contributed by atoms with Crippen molar-refractivity contribution in [3.63, 3.8) is 0 Å². The molecule has 6 nitrogen and oxygen atoms in total. The molecule has 94 valence electrons. The zero-order valence-corrected chi connectivity index (χ0v) is 10.3. The highest BCUT2D eigenvalue weighted by Gasteiger charge is 2.10. The highest BCUT2D eigenvalue weighted by molar-refractivity contribution is 7.84. The van der Waals surface area contributed by atoms with E-state index in [1.807, 2.05) is 0 Å². The first-order valence-corrected chi connectivity index (χ1v) is 6.70. The Balaban J connectivity index is 3.51. The summed E-state index contributed by atoms with van der Waals surface area (Å²) in [5.74, 6) is -0.925. The molecule has 0 rings (SSSR count). The molecule has 0 saturated heterocycles. The topological polar surface area (TPSA) is 95.5 Å². The molecular formula is C9H18N2O4S. The molecule has 3 N–H and O–H groups in total. The lowest BCUT2D eigenvalue weighted by Crippen LogP contribution is -2.38. The average molecular weight is 250 g/mol. The van der Waals surface area contributed by atoms with Crippen LogP contribution in [0.3, 0.4) is 0 Å². The van der Waals surface area contributed by atoms with E-state index in [-0.39, 0.29) is 6.03 Å². The van der Waals surface area contributed by atoms with Crippen LogP contribution in [0.5, 0.6) is 0 Å². The lowest BCUT2D eigenvalue weighted by Gasteiger charge is -2.08. The van der Waals surface area contributed by atoms with Crippen molar-refractivity contribution in [1.29, 1.82) is 0 Å². The van der Waals surface area contributed by atoms with E-state index in [1.165, 1.54) is 0 Å². The molecule has 0 aliphatic heterocycles. The van der Waals surface area contributed by atoms with Gasteiger partial charge in [0.25, 0.3) is 0 Å². The lowest BCUT2D eigenvalue weighted by atomic mass is 10.1. The summed E-state index contributed by atoms with van der Waals surface area (Å²) in [5, 5.41) is 13.6. The van der Waals surface area contributed by atoms with E-state index in [4.69, 9.17) is 5.11 Å². The third-order valence-electron chi connectivity index (χ3n) is 1.96. The van der Waals surface area contributed by atoms with Gasteiger partial charge in [-0.1, -0.05) is 6.92 Å². The molecule has 0 radical (unpaired) electrons. The number of carboxylic acids is 1. The van der Waals surface area contributed by atoms with E-state index < -0.39 is 22.7 Å². The summed E-state index contributed by atoms with van der Waals surface area (Å²) in [6, 6.07) is -0.358. The van der Waals surface area contributed by atoms with Crippen LogP contribution in [0.25, 0.3) is 0 Å². The Morgan fingerprint density at radius 2 is 1.88 bits per heavy atom. The van der Waals surface area contributed by atoms with Gasteiger partial charge in [0, 0.05) is 35.9 Å². The molecule has 0 aromatic rings. The largest absolute Gasteiger partial charge is 0.481 e. The minimum absolute atomic E-state index is 0.314. The van der Waals surface area contributed by atoms with Crippen molar-refractivity contribution < 1.29 is 18.9 Å². The first kappa shape index (κ1) is 14.9. The van der Waals surface area contributed by atoms with Gasteiger partial charge in [-0.15, -0.1) is 0 Å². The summed E-state index contributed by atoms with van der Waals surface area (Å²) in [7, 11) is -0.921. The third kappa shape index (κ3) is 8.22. The first-order chi connectivity index (χ1) is 7.43. The monoisotopic (exact) mass is 250 g/mol. The number of carboxylic acid groups (broad SMARTS) is 1. The van der Waals surface area contributed by atoms with Gasteiger partial charge < -0.3 is 15.7 Å². The van der Waals surface area contributed by atoms with Crippen molar-refractivity contribution in [1.82, 2.24) is 10.6 Å². The Morgan fingerprint density at radius 1 is 1.31 bits per heavy atom. The van der Waals surface area contributed by atoms with Gasteiger partial charge in [-0.2, -0.15) is 0 Å². The van der Waals surface area contributed by atoms with Crippen molar-refractivity contribution in [3.05, 3.63) is 0 Å². The number of urea groups is 1. The first-order valence-electron chi connectivity index (χ1n) is 4.98. The Kier molecular flexibility index (Phi) is 7.53. The second-order valence-corrected chi connectivity index (χ2v) is 5.04. The summed E-state index contributed by atoms with van der Waals surface area (Å²) in [5.41, 5.74) is 0. The van der Waals surface area contributed by atoms with E-state index in [9.17, 15) is 13.8 Å². The van der Waals surface area contributed by atoms with E-state index in [0.717, 1.165) is 0 Å². The van der Waals surface area contributed by atoms with Gasteiger partial charge in [0.05, 0.1) is 5.92 Å². The molecule has 0 aromatic carbocycles. The van der Waals surface area contributed by atoms with Gasteiger partial charge in [0.2, 0.25) is 0 Å². The second kappa shape index (κ2) is 8.09. The van der Waals surface area contributed by atoms with Crippen LogP contribution in [-0.2, 0) is 15.6 Å². The van der Waals surface area contributed by atoms with Crippen molar-refractivity contribution in [3.8, 4) is 0 Å². The molecule has 0 bridgehead atoms. The highest BCUT2D eigenvalue weighted by Crippen LogP contribution is 1.99. The predicted octanol–water partition coefficient (Wildman–Crippen LogP) is -0.225. The molecule has 0 spiro atoms. The van der Waals surface area contributed by atoms with Gasteiger partial charge in [0.15, 0.2) is 0 Å².